The van der Waals surface area contributed by atoms with Crippen LogP contribution in [0.5, 0.6) is 0 Å². The molecule has 51 heavy (non-hydrogen) atoms. The molecule has 7 aromatic carbocycles. The van der Waals surface area contributed by atoms with E-state index in [-0.39, 0.29) is 0 Å². The molecule has 0 amide bonds. The number of fused-ring (bicyclic) bond motifs is 6. The van der Waals surface area contributed by atoms with E-state index in [2.05, 4.69) is 198 Å². The van der Waals surface area contributed by atoms with E-state index in [9.17, 15) is 0 Å². The van der Waals surface area contributed by atoms with E-state index in [1.807, 2.05) is 0 Å². The van der Waals surface area contributed by atoms with Gasteiger partial charge in [0, 0.05) is 33.2 Å². The molecule has 0 saturated heterocycles. The van der Waals surface area contributed by atoms with E-state index in [4.69, 9.17) is 0 Å². The van der Waals surface area contributed by atoms with Gasteiger partial charge in [0.25, 0.3) is 0 Å². The lowest BCUT2D eigenvalue weighted by Crippen LogP contribution is -2.05. The summed E-state index contributed by atoms with van der Waals surface area (Å²) in [5.41, 5.74) is 16.0. The molecule has 2 aromatic heterocycles. The maximum absolute atomic E-state index is 2.51. The average Bonchev–Trinajstić information content (AvgIpc) is 3.70. The summed E-state index contributed by atoms with van der Waals surface area (Å²) < 4.78 is 4.91. The van der Waals surface area contributed by atoms with Gasteiger partial charge in [-0.3, -0.25) is 0 Å². The van der Waals surface area contributed by atoms with Gasteiger partial charge in [-0.2, -0.15) is 0 Å². The molecule has 0 spiro atoms. The van der Waals surface area contributed by atoms with Crippen molar-refractivity contribution in [2.24, 2.45) is 5.92 Å². The Balaban J connectivity index is 1.21. The number of benzene rings is 7. The first-order valence-corrected chi connectivity index (χ1v) is 17.9. The molecule has 2 heterocycles. The van der Waals surface area contributed by atoms with Crippen LogP contribution in [0.2, 0.25) is 0 Å². The molecule has 9 aromatic rings. The molecule has 0 bridgehead atoms. The van der Waals surface area contributed by atoms with Crippen molar-refractivity contribution in [3.8, 4) is 44.8 Å². The smallest absolute Gasteiger partial charge is 0.0547 e. The van der Waals surface area contributed by atoms with Crippen LogP contribution >= 0.6 is 0 Å². The molecular formula is C49H36N2. The van der Waals surface area contributed by atoms with Crippen LogP contribution in [0.3, 0.4) is 0 Å². The fourth-order valence-corrected chi connectivity index (χ4v) is 8.21. The topological polar surface area (TPSA) is 9.86 Å². The van der Waals surface area contributed by atoms with Gasteiger partial charge < -0.3 is 9.13 Å². The Bertz CT molecular complexity index is 2710. The van der Waals surface area contributed by atoms with Crippen LogP contribution in [0.15, 0.2) is 176 Å². The summed E-state index contributed by atoms with van der Waals surface area (Å²) in [4.78, 5) is 0. The van der Waals surface area contributed by atoms with Gasteiger partial charge in [-0.1, -0.05) is 134 Å². The van der Waals surface area contributed by atoms with E-state index in [0.717, 1.165) is 6.42 Å². The molecule has 1 aliphatic rings. The highest BCUT2D eigenvalue weighted by Gasteiger charge is 2.23. The molecular weight excluding hydrogens is 617 g/mol. The fourth-order valence-electron chi connectivity index (χ4n) is 8.21. The molecule has 1 aliphatic carbocycles. The molecule has 1 atom stereocenters. The molecule has 242 valence electrons. The highest BCUT2D eigenvalue weighted by atomic mass is 15.0. The summed E-state index contributed by atoms with van der Waals surface area (Å²) in [6.45, 7) is 2.32. The third-order valence-electron chi connectivity index (χ3n) is 10.6. The van der Waals surface area contributed by atoms with Crippen molar-refractivity contribution in [2.45, 2.75) is 13.3 Å². The Hall–Kier alpha value is -6.38. The second-order valence-corrected chi connectivity index (χ2v) is 13.9. The molecule has 0 aliphatic heterocycles. The van der Waals surface area contributed by atoms with Crippen molar-refractivity contribution in [3.05, 3.63) is 187 Å². The predicted molar refractivity (Wildman–Crippen MR) is 216 cm³/mol. The number of rotatable bonds is 5. The number of hydrogen-bond donors (Lipinski definition) is 0. The molecule has 0 radical (unpaired) electrons. The Labute approximate surface area is 298 Å². The first-order chi connectivity index (χ1) is 25.2. The summed E-state index contributed by atoms with van der Waals surface area (Å²) in [6.07, 6.45) is 5.75. The molecule has 0 fully saturated rings. The first-order valence-electron chi connectivity index (χ1n) is 17.9. The highest BCUT2D eigenvalue weighted by molar-refractivity contribution is 6.10. The summed E-state index contributed by atoms with van der Waals surface area (Å²) in [7, 11) is 0. The van der Waals surface area contributed by atoms with Gasteiger partial charge in [-0.05, 0) is 106 Å². The molecule has 2 heteroatoms. The van der Waals surface area contributed by atoms with Gasteiger partial charge in [-0.25, -0.2) is 0 Å². The van der Waals surface area contributed by atoms with Gasteiger partial charge >= 0.3 is 0 Å². The van der Waals surface area contributed by atoms with Crippen LogP contribution in [0.4, 0.5) is 0 Å². The minimum atomic E-state index is 0.495. The lowest BCUT2D eigenvalue weighted by Gasteiger charge is -2.17. The molecule has 10 rings (SSSR count). The van der Waals surface area contributed by atoms with E-state index in [0.29, 0.717) is 5.92 Å². The monoisotopic (exact) mass is 652 g/mol. The zero-order valence-corrected chi connectivity index (χ0v) is 28.5. The Morgan fingerprint density at radius 2 is 0.961 bits per heavy atom. The number of nitrogens with zero attached hydrogens (tertiary/aromatic N) is 2. The van der Waals surface area contributed by atoms with E-state index >= 15 is 0 Å². The second-order valence-electron chi connectivity index (χ2n) is 13.9. The van der Waals surface area contributed by atoms with Crippen molar-refractivity contribution >= 4 is 38.8 Å². The number of para-hydroxylation sites is 2. The van der Waals surface area contributed by atoms with E-state index in [1.54, 1.807) is 0 Å². The van der Waals surface area contributed by atoms with Crippen molar-refractivity contribution in [1.29, 1.82) is 0 Å². The van der Waals surface area contributed by atoms with E-state index < -0.39 is 0 Å². The maximum Gasteiger partial charge on any atom is 0.0547 e. The summed E-state index contributed by atoms with van der Waals surface area (Å²) in [5.74, 6) is 0.495. The van der Waals surface area contributed by atoms with Crippen LogP contribution in [0.25, 0.3) is 83.5 Å². The normalized spacial score (nSPS) is 14.0. The summed E-state index contributed by atoms with van der Waals surface area (Å²) in [5, 5.41) is 3.87. The Morgan fingerprint density at radius 3 is 1.63 bits per heavy atom. The third-order valence-corrected chi connectivity index (χ3v) is 10.6. The quantitative estimate of drug-likeness (QED) is 0.175. The highest BCUT2D eigenvalue weighted by Crippen LogP contribution is 2.41. The molecule has 1 unspecified atom stereocenters. The van der Waals surface area contributed by atoms with Crippen LogP contribution in [-0.4, -0.2) is 9.13 Å². The lowest BCUT2D eigenvalue weighted by atomic mass is 9.92. The SMILES string of the molecule is CC1C=Cc2c(c3ccc(-c4ccc5c6ccccc6n(-c6ccccc6)c5c4)cc3n2-c2cc(-c3ccccc3)cc(-c3ccccc3)c2)C1. The third kappa shape index (κ3) is 4.94. The van der Waals surface area contributed by atoms with Crippen molar-refractivity contribution in [3.63, 3.8) is 0 Å². The van der Waals surface area contributed by atoms with Gasteiger partial charge in [0.15, 0.2) is 0 Å². The lowest BCUT2D eigenvalue weighted by molar-refractivity contribution is 0.718. The van der Waals surface area contributed by atoms with Gasteiger partial charge in [0.2, 0.25) is 0 Å². The van der Waals surface area contributed by atoms with Gasteiger partial charge in [0.05, 0.1) is 16.6 Å². The van der Waals surface area contributed by atoms with E-state index in [1.165, 1.54) is 88.7 Å². The predicted octanol–water partition coefficient (Wildman–Crippen LogP) is 12.9. The Kier molecular flexibility index (Phi) is 6.89. The van der Waals surface area contributed by atoms with Gasteiger partial charge in [-0.15, -0.1) is 0 Å². The standard InChI is InChI=1S/C49H36N2/c1-33-21-26-47-45(27-33)44-25-23-37(36-22-24-43-42-19-11-12-20-46(42)50(48(43)31-36)40-17-9-4-10-18-40)32-49(44)51(47)41-29-38(34-13-5-2-6-14-34)28-39(30-41)35-15-7-3-8-16-35/h2-26,28-33H,27H2,1H3. The van der Waals surface area contributed by atoms with Crippen molar-refractivity contribution in [1.82, 2.24) is 9.13 Å². The van der Waals surface area contributed by atoms with Gasteiger partial charge in [0.1, 0.15) is 0 Å². The minimum absolute atomic E-state index is 0.495. The molecule has 0 N–H and O–H groups in total. The maximum atomic E-state index is 2.51. The van der Waals surface area contributed by atoms with Crippen molar-refractivity contribution < 1.29 is 0 Å². The second kappa shape index (κ2) is 11.9. The number of aromatic nitrogens is 2. The Morgan fingerprint density at radius 1 is 0.412 bits per heavy atom. The summed E-state index contributed by atoms with van der Waals surface area (Å²) >= 11 is 0. The van der Waals surface area contributed by atoms with Crippen LogP contribution in [0.1, 0.15) is 18.2 Å². The zero-order valence-electron chi connectivity index (χ0n) is 28.5. The van der Waals surface area contributed by atoms with Crippen LogP contribution < -0.4 is 0 Å². The molecule has 0 saturated carbocycles. The molecule has 2 nitrogen and oxygen atoms in total. The average molecular weight is 653 g/mol. The van der Waals surface area contributed by atoms with Crippen molar-refractivity contribution in [2.75, 3.05) is 0 Å². The largest absolute Gasteiger partial charge is 0.310 e. The first kappa shape index (κ1) is 29.5. The number of hydrogen-bond acceptors (Lipinski definition) is 0. The number of allylic oxidation sites excluding steroid dienone is 1. The minimum Gasteiger partial charge on any atom is -0.310 e. The zero-order chi connectivity index (χ0) is 33.9. The fraction of sp³-hybridized carbons (Fsp3) is 0.0612. The van der Waals surface area contributed by atoms with Crippen LogP contribution in [-0.2, 0) is 6.42 Å². The van der Waals surface area contributed by atoms with Crippen LogP contribution in [0, 0.1) is 5.92 Å². The summed E-state index contributed by atoms with van der Waals surface area (Å²) in [6, 6.07) is 62.1.